The lowest BCUT2D eigenvalue weighted by atomic mass is 9.88. The van der Waals surface area contributed by atoms with Gasteiger partial charge in [0.15, 0.2) is 0 Å². The van der Waals surface area contributed by atoms with Gasteiger partial charge in [-0.2, -0.15) is 0 Å². The molecule has 3 fully saturated rings. The number of piperidine rings is 1. The lowest BCUT2D eigenvalue weighted by Crippen LogP contribution is -2.44. The Balaban J connectivity index is 0.00000192. The predicted octanol–water partition coefficient (Wildman–Crippen LogP) is 3.12. The summed E-state index contributed by atoms with van der Waals surface area (Å²) in [7, 11) is 0. The highest BCUT2D eigenvalue weighted by molar-refractivity contribution is 5.85. The number of nitrogens with two attached hydrogens (primary N) is 1. The van der Waals surface area contributed by atoms with Gasteiger partial charge in [0.25, 0.3) is 0 Å². The first-order valence-corrected chi connectivity index (χ1v) is 9.31. The van der Waals surface area contributed by atoms with Gasteiger partial charge in [0.05, 0.1) is 12.2 Å². The lowest BCUT2D eigenvalue weighted by Gasteiger charge is -2.36. The summed E-state index contributed by atoms with van der Waals surface area (Å²) in [6.45, 7) is 4.09. The van der Waals surface area contributed by atoms with Crippen molar-refractivity contribution in [1.29, 1.82) is 0 Å². The van der Waals surface area contributed by atoms with Crippen molar-refractivity contribution < 1.29 is 9.53 Å². The van der Waals surface area contributed by atoms with Crippen LogP contribution in [0.4, 0.5) is 0 Å². The molecule has 0 spiro atoms. The first-order chi connectivity index (χ1) is 10.6. The van der Waals surface area contributed by atoms with Crippen LogP contribution in [0.25, 0.3) is 0 Å². The highest BCUT2D eigenvalue weighted by atomic mass is 35.5. The lowest BCUT2D eigenvalue weighted by molar-refractivity contribution is -0.139. The number of nitrogens with zero attached hydrogens (tertiary/aromatic N) is 1. The molecule has 5 heteroatoms. The second-order valence-corrected chi connectivity index (χ2v) is 7.81. The summed E-state index contributed by atoms with van der Waals surface area (Å²) >= 11 is 0. The zero-order valence-corrected chi connectivity index (χ0v) is 15.2. The number of likely N-dealkylation sites (tertiary alicyclic amines) is 1. The predicted molar refractivity (Wildman–Crippen MR) is 94.7 cm³/mol. The maximum absolute atomic E-state index is 12.5. The van der Waals surface area contributed by atoms with Gasteiger partial charge in [0, 0.05) is 25.0 Å². The average molecular weight is 345 g/mol. The Morgan fingerprint density at radius 2 is 1.57 bits per heavy atom. The standard InChI is InChI=1S/C18H32N2O2.ClH/c1-13-2-6-16(7-3-13)22-17-8-10-20(11-9-17)18(21)14-4-5-15(19)12-14;/h13-17H,2-12,19H2,1H3;1H. The maximum Gasteiger partial charge on any atom is 0.225 e. The Kier molecular flexibility index (Phi) is 7.18. The van der Waals surface area contributed by atoms with Crippen LogP contribution in [-0.2, 0) is 9.53 Å². The molecule has 2 saturated carbocycles. The highest BCUT2D eigenvalue weighted by Gasteiger charge is 2.33. The van der Waals surface area contributed by atoms with E-state index in [4.69, 9.17) is 10.5 Å². The third-order valence-electron chi connectivity index (χ3n) is 5.92. The van der Waals surface area contributed by atoms with Gasteiger partial charge in [-0.3, -0.25) is 4.79 Å². The van der Waals surface area contributed by atoms with Crippen LogP contribution in [0.3, 0.4) is 0 Å². The zero-order chi connectivity index (χ0) is 15.5. The molecule has 0 aromatic carbocycles. The fourth-order valence-corrected chi connectivity index (χ4v) is 4.35. The minimum absolute atomic E-state index is 0. The van der Waals surface area contributed by atoms with Gasteiger partial charge < -0.3 is 15.4 Å². The molecular weight excluding hydrogens is 312 g/mol. The molecule has 0 aromatic rings. The van der Waals surface area contributed by atoms with Crippen molar-refractivity contribution in [1.82, 2.24) is 4.90 Å². The van der Waals surface area contributed by atoms with Gasteiger partial charge in [-0.15, -0.1) is 12.4 Å². The molecule has 23 heavy (non-hydrogen) atoms. The number of amides is 1. The van der Waals surface area contributed by atoms with Gasteiger partial charge in [-0.25, -0.2) is 0 Å². The van der Waals surface area contributed by atoms with E-state index >= 15 is 0 Å². The SMILES string of the molecule is CC1CCC(OC2CCN(C(=O)C3CCC(N)C3)CC2)CC1.Cl. The van der Waals surface area contributed by atoms with E-state index in [1.165, 1.54) is 25.7 Å². The summed E-state index contributed by atoms with van der Waals surface area (Å²) < 4.78 is 6.29. The molecule has 1 amide bonds. The summed E-state index contributed by atoms with van der Waals surface area (Å²) in [5.41, 5.74) is 5.94. The van der Waals surface area contributed by atoms with Crippen molar-refractivity contribution in [3.05, 3.63) is 0 Å². The van der Waals surface area contributed by atoms with Gasteiger partial charge in [-0.05, 0) is 63.7 Å². The van der Waals surface area contributed by atoms with Crippen LogP contribution in [0.5, 0.6) is 0 Å². The molecule has 1 saturated heterocycles. The van der Waals surface area contributed by atoms with Crippen molar-refractivity contribution in [3.8, 4) is 0 Å². The van der Waals surface area contributed by atoms with Crippen LogP contribution in [0.1, 0.15) is 64.7 Å². The molecular formula is C18H33ClN2O2. The van der Waals surface area contributed by atoms with E-state index in [0.29, 0.717) is 18.1 Å². The van der Waals surface area contributed by atoms with Crippen molar-refractivity contribution in [2.75, 3.05) is 13.1 Å². The first-order valence-electron chi connectivity index (χ1n) is 9.31. The Morgan fingerprint density at radius 3 is 2.13 bits per heavy atom. The Labute approximate surface area is 146 Å². The molecule has 3 rings (SSSR count). The molecule has 0 aromatic heterocycles. The topological polar surface area (TPSA) is 55.6 Å². The Morgan fingerprint density at radius 1 is 0.957 bits per heavy atom. The van der Waals surface area contributed by atoms with Crippen molar-refractivity contribution in [2.24, 2.45) is 17.6 Å². The summed E-state index contributed by atoms with van der Waals surface area (Å²) in [6.07, 6.45) is 10.8. The van der Waals surface area contributed by atoms with Crippen LogP contribution in [0.15, 0.2) is 0 Å². The molecule has 3 aliphatic rings. The monoisotopic (exact) mass is 344 g/mol. The maximum atomic E-state index is 12.5. The van der Waals surface area contributed by atoms with E-state index in [1.807, 2.05) is 0 Å². The molecule has 0 radical (unpaired) electrons. The van der Waals surface area contributed by atoms with Crippen molar-refractivity contribution in [3.63, 3.8) is 0 Å². The Bertz CT molecular complexity index is 377. The second kappa shape index (κ2) is 8.68. The highest BCUT2D eigenvalue weighted by Crippen LogP contribution is 2.30. The molecule has 2 atom stereocenters. The third kappa shape index (κ3) is 5.07. The number of halogens is 1. The number of hydrogen-bond acceptors (Lipinski definition) is 3. The molecule has 134 valence electrons. The van der Waals surface area contributed by atoms with Crippen molar-refractivity contribution in [2.45, 2.75) is 83.0 Å². The van der Waals surface area contributed by atoms with Gasteiger partial charge in [0.1, 0.15) is 0 Å². The van der Waals surface area contributed by atoms with Gasteiger partial charge in [-0.1, -0.05) is 6.92 Å². The summed E-state index contributed by atoms with van der Waals surface area (Å²) in [4.78, 5) is 14.6. The van der Waals surface area contributed by atoms with E-state index in [2.05, 4.69) is 11.8 Å². The minimum Gasteiger partial charge on any atom is -0.375 e. The quantitative estimate of drug-likeness (QED) is 0.855. The van der Waals surface area contributed by atoms with E-state index in [1.54, 1.807) is 0 Å². The molecule has 4 nitrogen and oxygen atoms in total. The molecule has 0 bridgehead atoms. The Hall–Kier alpha value is -0.320. The first kappa shape index (κ1) is 19.0. The van der Waals surface area contributed by atoms with Crippen molar-refractivity contribution >= 4 is 18.3 Å². The van der Waals surface area contributed by atoms with Crippen LogP contribution in [0, 0.1) is 11.8 Å². The molecule has 1 aliphatic heterocycles. The molecule has 2 unspecified atom stereocenters. The normalized spacial score (nSPS) is 35.8. The fraction of sp³-hybridized carbons (Fsp3) is 0.944. The number of hydrogen-bond donors (Lipinski definition) is 1. The minimum atomic E-state index is 0. The molecule has 2 N–H and O–H groups in total. The fourth-order valence-electron chi connectivity index (χ4n) is 4.35. The van der Waals surface area contributed by atoms with E-state index in [-0.39, 0.29) is 24.4 Å². The smallest absolute Gasteiger partial charge is 0.225 e. The van der Waals surface area contributed by atoms with E-state index in [9.17, 15) is 4.79 Å². The van der Waals surface area contributed by atoms with Gasteiger partial charge in [0.2, 0.25) is 5.91 Å². The second-order valence-electron chi connectivity index (χ2n) is 7.81. The number of carbonyl (C=O) groups excluding carboxylic acids is 1. The average Bonchev–Trinajstić information content (AvgIpc) is 2.96. The largest absolute Gasteiger partial charge is 0.375 e. The number of ether oxygens (including phenoxy) is 1. The molecule has 2 aliphatic carbocycles. The summed E-state index contributed by atoms with van der Waals surface area (Å²) in [5.74, 6) is 1.40. The number of carbonyl (C=O) groups is 1. The van der Waals surface area contributed by atoms with E-state index < -0.39 is 0 Å². The van der Waals surface area contributed by atoms with Gasteiger partial charge >= 0.3 is 0 Å². The third-order valence-corrected chi connectivity index (χ3v) is 5.92. The van der Waals surface area contributed by atoms with Crippen LogP contribution in [0.2, 0.25) is 0 Å². The van der Waals surface area contributed by atoms with Crippen LogP contribution in [-0.4, -0.2) is 42.1 Å². The number of rotatable bonds is 3. The van der Waals surface area contributed by atoms with E-state index in [0.717, 1.165) is 51.1 Å². The summed E-state index contributed by atoms with van der Waals surface area (Å²) in [6, 6.07) is 0.239. The molecule has 1 heterocycles. The zero-order valence-electron chi connectivity index (χ0n) is 14.4. The summed E-state index contributed by atoms with van der Waals surface area (Å²) in [5, 5.41) is 0. The van der Waals surface area contributed by atoms with Crippen LogP contribution < -0.4 is 5.73 Å². The van der Waals surface area contributed by atoms with Crippen LogP contribution >= 0.6 is 12.4 Å².